The standard InChI is InChI=1S/C15H24N4O2/c1-2-21-12-9-17-15(20)18-13-6-10-19(11-7-13)14-5-3-4-8-16-14/h3-5,8,13H,2,6-7,9-12H2,1H3,(H2,17,18,20). The molecule has 1 aliphatic rings. The lowest BCUT2D eigenvalue weighted by atomic mass is 10.1. The van der Waals surface area contributed by atoms with E-state index in [-0.39, 0.29) is 12.1 Å². The van der Waals surface area contributed by atoms with E-state index in [9.17, 15) is 4.79 Å². The Labute approximate surface area is 125 Å². The molecule has 0 unspecified atom stereocenters. The molecular weight excluding hydrogens is 268 g/mol. The van der Waals surface area contributed by atoms with Gasteiger partial charge in [-0.3, -0.25) is 0 Å². The molecule has 0 aliphatic carbocycles. The summed E-state index contributed by atoms with van der Waals surface area (Å²) in [6.07, 6.45) is 3.69. The summed E-state index contributed by atoms with van der Waals surface area (Å²) < 4.78 is 5.18. The molecule has 1 aromatic heterocycles. The number of urea groups is 1. The van der Waals surface area contributed by atoms with Gasteiger partial charge in [0.1, 0.15) is 5.82 Å². The summed E-state index contributed by atoms with van der Waals surface area (Å²) in [5.74, 6) is 1.01. The number of nitrogens with zero attached hydrogens (tertiary/aromatic N) is 2. The molecule has 2 heterocycles. The molecule has 21 heavy (non-hydrogen) atoms. The van der Waals surface area contributed by atoms with Gasteiger partial charge >= 0.3 is 6.03 Å². The maximum Gasteiger partial charge on any atom is 0.315 e. The van der Waals surface area contributed by atoms with E-state index in [1.165, 1.54) is 0 Å². The van der Waals surface area contributed by atoms with Crippen LogP contribution in [0.25, 0.3) is 0 Å². The summed E-state index contributed by atoms with van der Waals surface area (Å²) >= 11 is 0. The highest BCUT2D eigenvalue weighted by Crippen LogP contribution is 2.16. The fourth-order valence-corrected chi connectivity index (χ4v) is 2.41. The lowest BCUT2D eigenvalue weighted by Gasteiger charge is -2.33. The van der Waals surface area contributed by atoms with Crippen molar-refractivity contribution in [2.45, 2.75) is 25.8 Å². The first-order valence-corrected chi connectivity index (χ1v) is 7.57. The van der Waals surface area contributed by atoms with Gasteiger partial charge in [0.15, 0.2) is 0 Å². The van der Waals surface area contributed by atoms with Gasteiger partial charge < -0.3 is 20.3 Å². The summed E-state index contributed by atoms with van der Waals surface area (Å²) in [7, 11) is 0. The van der Waals surface area contributed by atoms with Crippen LogP contribution >= 0.6 is 0 Å². The lowest BCUT2D eigenvalue weighted by molar-refractivity contribution is 0.149. The quantitative estimate of drug-likeness (QED) is 0.778. The van der Waals surface area contributed by atoms with Gasteiger partial charge in [-0.05, 0) is 31.9 Å². The molecule has 0 saturated carbocycles. The second-order valence-corrected chi connectivity index (χ2v) is 5.05. The molecule has 6 heteroatoms. The number of hydrogen-bond donors (Lipinski definition) is 2. The molecule has 2 rings (SSSR count). The van der Waals surface area contributed by atoms with Gasteiger partial charge in [0.05, 0.1) is 6.61 Å². The van der Waals surface area contributed by atoms with Crippen LogP contribution < -0.4 is 15.5 Å². The van der Waals surface area contributed by atoms with Crippen LogP contribution in [-0.2, 0) is 4.74 Å². The molecule has 2 N–H and O–H groups in total. The van der Waals surface area contributed by atoms with Crippen molar-refractivity contribution < 1.29 is 9.53 Å². The fourth-order valence-electron chi connectivity index (χ4n) is 2.41. The third-order valence-electron chi connectivity index (χ3n) is 3.54. The maximum atomic E-state index is 11.7. The zero-order chi connectivity index (χ0) is 14.9. The Hall–Kier alpha value is -1.82. The predicted molar refractivity (Wildman–Crippen MR) is 82.5 cm³/mol. The van der Waals surface area contributed by atoms with Crippen LogP contribution in [0.4, 0.5) is 10.6 Å². The van der Waals surface area contributed by atoms with Crippen molar-refractivity contribution in [2.75, 3.05) is 37.7 Å². The highest BCUT2D eigenvalue weighted by atomic mass is 16.5. The number of ether oxygens (including phenoxy) is 1. The van der Waals surface area contributed by atoms with E-state index in [1.807, 2.05) is 31.3 Å². The van der Waals surface area contributed by atoms with Crippen molar-refractivity contribution in [3.8, 4) is 0 Å². The Morgan fingerprint density at radius 2 is 2.24 bits per heavy atom. The van der Waals surface area contributed by atoms with Crippen LogP contribution in [0.3, 0.4) is 0 Å². The zero-order valence-electron chi connectivity index (χ0n) is 12.5. The Morgan fingerprint density at radius 3 is 2.90 bits per heavy atom. The highest BCUT2D eigenvalue weighted by Gasteiger charge is 2.21. The van der Waals surface area contributed by atoms with E-state index in [2.05, 4.69) is 20.5 Å². The molecular formula is C15H24N4O2. The molecule has 116 valence electrons. The molecule has 0 bridgehead atoms. The minimum Gasteiger partial charge on any atom is -0.380 e. The molecule has 0 radical (unpaired) electrons. The van der Waals surface area contributed by atoms with Gasteiger partial charge in [-0.1, -0.05) is 6.07 Å². The SMILES string of the molecule is CCOCCNC(=O)NC1CCN(c2ccccn2)CC1. The molecule has 1 aromatic rings. The van der Waals surface area contributed by atoms with E-state index < -0.39 is 0 Å². The fraction of sp³-hybridized carbons (Fsp3) is 0.600. The van der Waals surface area contributed by atoms with Gasteiger partial charge in [0.25, 0.3) is 0 Å². The lowest BCUT2D eigenvalue weighted by Crippen LogP contribution is -2.48. The second kappa shape index (κ2) is 8.46. The number of anilines is 1. The van der Waals surface area contributed by atoms with Crippen molar-refractivity contribution in [1.82, 2.24) is 15.6 Å². The molecule has 0 spiro atoms. The van der Waals surface area contributed by atoms with Gasteiger partial charge in [-0.2, -0.15) is 0 Å². The summed E-state index contributed by atoms with van der Waals surface area (Å²) in [5, 5.41) is 5.82. The number of nitrogens with one attached hydrogen (secondary N) is 2. The van der Waals surface area contributed by atoms with Crippen LogP contribution in [0.5, 0.6) is 0 Å². The molecule has 1 aliphatic heterocycles. The van der Waals surface area contributed by atoms with Gasteiger partial charge in [-0.15, -0.1) is 0 Å². The van der Waals surface area contributed by atoms with Crippen LogP contribution in [0.15, 0.2) is 24.4 Å². The number of pyridine rings is 1. The Kier molecular flexibility index (Phi) is 6.27. The third-order valence-corrected chi connectivity index (χ3v) is 3.54. The minimum absolute atomic E-state index is 0.106. The predicted octanol–water partition coefficient (Wildman–Crippen LogP) is 1.39. The molecule has 0 aromatic carbocycles. The first-order chi connectivity index (χ1) is 10.3. The second-order valence-electron chi connectivity index (χ2n) is 5.05. The van der Waals surface area contributed by atoms with Crippen LogP contribution in [-0.4, -0.2) is 49.9 Å². The zero-order valence-corrected chi connectivity index (χ0v) is 12.5. The summed E-state index contributed by atoms with van der Waals surface area (Å²) in [5.41, 5.74) is 0. The number of aromatic nitrogens is 1. The summed E-state index contributed by atoms with van der Waals surface area (Å²) in [6.45, 7) is 5.56. The molecule has 2 amide bonds. The molecule has 1 fully saturated rings. The van der Waals surface area contributed by atoms with Gasteiger partial charge in [0.2, 0.25) is 0 Å². The topological polar surface area (TPSA) is 66.5 Å². The highest BCUT2D eigenvalue weighted by molar-refractivity contribution is 5.74. The van der Waals surface area contributed by atoms with Gasteiger partial charge in [0, 0.05) is 38.5 Å². The molecule has 0 atom stereocenters. The monoisotopic (exact) mass is 292 g/mol. The first-order valence-electron chi connectivity index (χ1n) is 7.57. The number of rotatable bonds is 6. The van der Waals surface area contributed by atoms with Crippen LogP contribution in [0, 0.1) is 0 Å². The van der Waals surface area contributed by atoms with Gasteiger partial charge in [-0.25, -0.2) is 9.78 Å². The number of piperidine rings is 1. The Balaban J connectivity index is 1.66. The number of carbonyl (C=O) groups is 1. The van der Waals surface area contributed by atoms with E-state index in [0.29, 0.717) is 19.8 Å². The van der Waals surface area contributed by atoms with E-state index >= 15 is 0 Å². The number of amides is 2. The van der Waals surface area contributed by atoms with Crippen molar-refractivity contribution in [2.24, 2.45) is 0 Å². The van der Waals surface area contributed by atoms with E-state index in [4.69, 9.17) is 4.74 Å². The Morgan fingerprint density at radius 1 is 1.43 bits per heavy atom. The van der Waals surface area contributed by atoms with E-state index in [1.54, 1.807) is 0 Å². The van der Waals surface area contributed by atoms with Crippen LogP contribution in [0.1, 0.15) is 19.8 Å². The largest absolute Gasteiger partial charge is 0.380 e. The average molecular weight is 292 g/mol. The molecule has 1 saturated heterocycles. The van der Waals surface area contributed by atoms with Crippen molar-refractivity contribution >= 4 is 11.8 Å². The summed E-state index contributed by atoms with van der Waals surface area (Å²) in [4.78, 5) is 18.3. The van der Waals surface area contributed by atoms with E-state index in [0.717, 1.165) is 31.7 Å². The third kappa shape index (κ3) is 5.23. The first kappa shape index (κ1) is 15.6. The number of hydrogen-bond acceptors (Lipinski definition) is 4. The van der Waals surface area contributed by atoms with Crippen LogP contribution in [0.2, 0.25) is 0 Å². The van der Waals surface area contributed by atoms with Crippen molar-refractivity contribution in [3.63, 3.8) is 0 Å². The van der Waals surface area contributed by atoms with Crippen molar-refractivity contribution in [1.29, 1.82) is 0 Å². The minimum atomic E-state index is -0.106. The normalized spacial score (nSPS) is 15.8. The maximum absolute atomic E-state index is 11.7. The molecule has 6 nitrogen and oxygen atoms in total. The summed E-state index contributed by atoms with van der Waals surface area (Å²) in [6, 6.07) is 6.07. The average Bonchev–Trinajstić information content (AvgIpc) is 2.53. The Bertz CT molecular complexity index is 419. The smallest absolute Gasteiger partial charge is 0.315 e. The van der Waals surface area contributed by atoms with Crippen molar-refractivity contribution in [3.05, 3.63) is 24.4 Å². The number of carbonyl (C=O) groups excluding carboxylic acids is 1.